The van der Waals surface area contributed by atoms with Crippen LogP contribution >= 0.6 is 0 Å². The molecule has 2 fully saturated rings. The van der Waals surface area contributed by atoms with Crippen LogP contribution in [0.1, 0.15) is 18.9 Å². The van der Waals surface area contributed by atoms with Gasteiger partial charge in [0.2, 0.25) is 0 Å². The van der Waals surface area contributed by atoms with E-state index in [2.05, 4.69) is 9.84 Å². The molecule has 2 bridgehead atoms. The number of rotatable bonds is 6. The van der Waals surface area contributed by atoms with Gasteiger partial charge in [-0.05, 0) is 37.3 Å². The minimum Gasteiger partial charge on any atom is -0.472 e. The van der Waals surface area contributed by atoms with Gasteiger partial charge in [0.05, 0.1) is 30.1 Å². The number of nitrogens with zero attached hydrogens (tertiary/aromatic N) is 3. The summed E-state index contributed by atoms with van der Waals surface area (Å²) in [6, 6.07) is 4.00. The molecule has 3 aliphatic rings. The molecule has 2 amide bonds. The lowest BCUT2D eigenvalue weighted by Gasteiger charge is -2.13. The van der Waals surface area contributed by atoms with Crippen LogP contribution in [0.25, 0.3) is 0 Å². The number of nitro groups is 1. The van der Waals surface area contributed by atoms with Gasteiger partial charge in [-0.25, -0.2) is 4.79 Å². The fourth-order valence-corrected chi connectivity index (χ4v) is 4.39. The molecule has 4 rings (SSSR count). The topological polar surface area (TPSA) is 128 Å². The van der Waals surface area contributed by atoms with E-state index in [0.717, 1.165) is 11.4 Å². The first-order chi connectivity index (χ1) is 14.3. The highest BCUT2D eigenvalue weighted by Gasteiger charge is 2.59. The van der Waals surface area contributed by atoms with E-state index in [-0.39, 0.29) is 46.9 Å². The molecule has 10 nitrogen and oxygen atoms in total. The van der Waals surface area contributed by atoms with Gasteiger partial charge in [-0.1, -0.05) is 12.2 Å². The Labute approximate surface area is 171 Å². The van der Waals surface area contributed by atoms with Crippen LogP contribution < -0.4 is 4.74 Å². The number of hydrogen-bond donors (Lipinski definition) is 0. The third-order valence-corrected chi connectivity index (χ3v) is 5.79. The van der Waals surface area contributed by atoms with Gasteiger partial charge in [0.1, 0.15) is 0 Å². The molecule has 0 N–H and O–H groups in total. The Balaban J connectivity index is 1.54. The SMILES string of the molecule is COC(=O)[C@@H](C)Oc1ccc(C=NN2C(=O)[C@@H]3[C@H](C2=O)[C@H]2C=C[C@H]3C2)cc1[N+](=O)[O-]. The summed E-state index contributed by atoms with van der Waals surface area (Å²) in [5, 5.41) is 16.3. The van der Waals surface area contributed by atoms with Crippen molar-refractivity contribution in [3.05, 3.63) is 46.0 Å². The number of imide groups is 1. The Kier molecular flexibility index (Phi) is 4.84. The molecule has 156 valence electrons. The Hall–Kier alpha value is -3.56. The number of esters is 1. The lowest BCUT2D eigenvalue weighted by atomic mass is 9.85. The van der Waals surface area contributed by atoms with Crippen LogP contribution in [-0.2, 0) is 19.1 Å². The number of benzene rings is 1. The minimum absolute atomic E-state index is 0.0750. The maximum atomic E-state index is 12.6. The second-order valence-corrected chi connectivity index (χ2v) is 7.50. The quantitative estimate of drug-likeness (QED) is 0.173. The zero-order chi connectivity index (χ0) is 21.6. The van der Waals surface area contributed by atoms with Crippen LogP contribution in [0, 0.1) is 33.8 Å². The zero-order valence-electron chi connectivity index (χ0n) is 16.3. The lowest BCUT2D eigenvalue weighted by Crippen LogP contribution is -2.28. The number of amides is 2. The molecule has 1 aromatic carbocycles. The second kappa shape index (κ2) is 7.36. The van der Waals surface area contributed by atoms with Crippen molar-refractivity contribution in [2.24, 2.45) is 28.8 Å². The van der Waals surface area contributed by atoms with Gasteiger partial charge >= 0.3 is 11.7 Å². The number of carbonyl (C=O) groups excluding carboxylic acids is 3. The molecular formula is C20H19N3O7. The van der Waals surface area contributed by atoms with E-state index in [4.69, 9.17) is 4.74 Å². The second-order valence-electron chi connectivity index (χ2n) is 7.50. The highest BCUT2D eigenvalue weighted by molar-refractivity contribution is 6.06. The molecular weight excluding hydrogens is 394 g/mol. The molecule has 5 atom stereocenters. The number of fused-ring (bicyclic) bond motifs is 5. The van der Waals surface area contributed by atoms with Crippen molar-refractivity contribution >= 4 is 29.7 Å². The predicted octanol–water partition coefficient (Wildman–Crippen LogP) is 1.68. The molecule has 0 aromatic heterocycles. The molecule has 30 heavy (non-hydrogen) atoms. The van der Waals surface area contributed by atoms with Crippen LogP contribution in [-0.4, -0.2) is 47.1 Å². The molecule has 1 saturated carbocycles. The van der Waals surface area contributed by atoms with E-state index in [1.165, 1.54) is 38.4 Å². The van der Waals surface area contributed by atoms with Crippen molar-refractivity contribution < 1.29 is 28.8 Å². The number of allylic oxidation sites excluding steroid dienone is 2. The normalized spacial score (nSPS) is 27.6. The molecule has 0 spiro atoms. The molecule has 1 heterocycles. The summed E-state index contributed by atoms with van der Waals surface area (Å²) >= 11 is 0. The van der Waals surface area contributed by atoms with Gasteiger partial charge in [-0.15, -0.1) is 0 Å². The van der Waals surface area contributed by atoms with E-state index in [0.29, 0.717) is 5.56 Å². The summed E-state index contributed by atoms with van der Waals surface area (Å²) in [6.07, 6.45) is 4.99. The van der Waals surface area contributed by atoms with Gasteiger partial charge in [-0.3, -0.25) is 19.7 Å². The van der Waals surface area contributed by atoms with Crippen molar-refractivity contribution in [2.45, 2.75) is 19.4 Å². The molecule has 2 aliphatic carbocycles. The largest absolute Gasteiger partial charge is 0.472 e. The first-order valence-corrected chi connectivity index (χ1v) is 9.45. The third-order valence-electron chi connectivity index (χ3n) is 5.79. The highest BCUT2D eigenvalue weighted by atomic mass is 16.6. The zero-order valence-corrected chi connectivity index (χ0v) is 16.3. The maximum Gasteiger partial charge on any atom is 0.346 e. The van der Waals surface area contributed by atoms with Crippen LogP contribution in [0.3, 0.4) is 0 Å². The number of nitro benzene ring substituents is 1. The molecule has 1 aromatic rings. The summed E-state index contributed by atoms with van der Waals surface area (Å²) in [6.45, 7) is 1.41. The van der Waals surface area contributed by atoms with Crippen molar-refractivity contribution in [3.63, 3.8) is 0 Å². The van der Waals surface area contributed by atoms with Crippen molar-refractivity contribution in [1.29, 1.82) is 0 Å². The van der Waals surface area contributed by atoms with Gasteiger partial charge in [0, 0.05) is 11.6 Å². The standard InChI is InChI=1S/C20H19N3O7/c1-10(20(26)29-2)30-15-6-3-11(7-14(15)23(27)28)9-21-22-18(24)16-12-4-5-13(8-12)17(16)19(22)25/h3-7,9-10,12-13,16-17H,8H2,1-2H3/t10-,12+,13+,16-,17+/m1/s1. The van der Waals surface area contributed by atoms with Gasteiger partial charge in [0.25, 0.3) is 11.8 Å². The summed E-state index contributed by atoms with van der Waals surface area (Å²) < 4.78 is 9.87. The summed E-state index contributed by atoms with van der Waals surface area (Å²) in [7, 11) is 1.19. The number of carbonyl (C=O) groups is 3. The van der Waals surface area contributed by atoms with E-state index < -0.39 is 17.0 Å². The van der Waals surface area contributed by atoms with E-state index in [9.17, 15) is 24.5 Å². The monoisotopic (exact) mass is 413 g/mol. The highest BCUT2D eigenvalue weighted by Crippen LogP contribution is 2.52. The number of methoxy groups -OCH3 is 1. The first kappa shape index (κ1) is 19.7. The van der Waals surface area contributed by atoms with Crippen LogP contribution in [0.15, 0.2) is 35.5 Å². The third kappa shape index (κ3) is 3.14. The van der Waals surface area contributed by atoms with E-state index >= 15 is 0 Å². The first-order valence-electron chi connectivity index (χ1n) is 9.45. The van der Waals surface area contributed by atoms with Crippen LogP contribution in [0.5, 0.6) is 5.75 Å². The summed E-state index contributed by atoms with van der Waals surface area (Å²) in [5.41, 5.74) is -0.0774. The number of hydrogen-bond acceptors (Lipinski definition) is 8. The minimum atomic E-state index is -1.03. The van der Waals surface area contributed by atoms with Gasteiger partial charge in [0.15, 0.2) is 11.9 Å². The molecule has 0 radical (unpaired) electrons. The Bertz CT molecular complexity index is 972. The molecule has 1 aliphatic heterocycles. The van der Waals surface area contributed by atoms with Crippen LogP contribution in [0.2, 0.25) is 0 Å². The molecule has 0 unspecified atom stereocenters. The van der Waals surface area contributed by atoms with Gasteiger partial charge in [-0.2, -0.15) is 10.1 Å². The lowest BCUT2D eigenvalue weighted by molar-refractivity contribution is -0.386. The van der Waals surface area contributed by atoms with Crippen LogP contribution in [0.4, 0.5) is 5.69 Å². The van der Waals surface area contributed by atoms with E-state index in [1.54, 1.807) is 0 Å². The molecule has 1 saturated heterocycles. The Morgan fingerprint density at radius 3 is 2.47 bits per heavy atom. The summed E-state index contributed by atoms with van der Waals surface area (Å²) in [4.78, 5) is 47.5. The Morgan fingerprint density at radius 1 is 1.27 bits per heavy atom. The number of hydrazone groups is 1. The molecule has 10 heteroatoms. The average molecular weight is 413 g/mol. The van der Waals surface area contributed by atoms with Crippen molar-refractivity contribution in [1.82, 2.24) is 5.01 Å². The number of ether oxygens (including phenoxy) is 2. The van der Waals surface area contributed by atoms with E-state index in [1.807, 2.05) is 12.2 Å². The fraction of sp³-hybridized carbons (Fsp3) is 0.400. The smallest absolute Gasteiger partial charge is 0.346 e. The maximum absolute atomic E-state index is 12.6. The Morgan fingerprint density at radius 2 is 1.90 bits per heavy atom. The van der Waals surface area contributed by atoms with Crippen molar-refractivity contribution in [3.8, 4) is 5.75 Å². The van der Waals surface area contributed by atoms with Gasteiger partial charge < -0.3 is 9.47 Å². The summed E-state index contributed by atoms with van der Waals surface area (Å²) in [5.74, 6) is -2.03. The average Bonchev–Trinajstić information content (AvgIpc) is 3.40. The predicted molar refractivity (Wildman–Crippen MR) is 102 cm³/mol. The fourth-order valence-electron chi connectivity index (χ4n) is 4.39. The van der Waals surface area contributed by atoms with Crippen molar-refractivity contribution in [2.75, 3.05) is 7.11 Å².